The summed E-state index contributed by atoms with van der Waals surface area (Å²) < 4.78 is 33.1. The predicted octanol–water partition coefficient (Wildman–Crippen LogP) is 2.27. The van der Waals surface area contributed by atoms with Crippen molar-refractivity contribution in [2.45, 2.75) is 25.2 Å². The van der Waals surface area contributed by atoms with Gasteiger partial charge in [0.25, 0.3) is 10.0 Å². The standard InChI is InChI=1S/C17H17N3O4S/c1-10-11(2)19-24-17(10)20-25(22,23)15-8-7-12(9-16(18)21)13-5-3-4-6-14(13)15/h3-8,20H,9H2,1-2H3,(H2,18,21). The normalized spacial score (nSPS) is 11.6. The van der Waals surface area contributed by atoms with Crippen LogP contribution in [0.3, 0.4) is 0 Å². The maximum absolute atomic E-state index is 12.8. The molecule has 0 saturated heterocycles. The van der Waals surface area contributed by atoms with Crippen molar-refractivity contribution in [1.82, 2.24) is 5.16 Å². The minimum absolute atomic E-state index is 0.0364. The molecule has 1 aromatic heterocycles. The Kier molecular flexibility index (Phi) is 4.22. The van der Waals surface area contributed by atoms with E-state index in [9.17, 15) is 13.2 Å². The highest BCUT2D eigenvalue weighted by atomic mass is 32.2. The number of hydrogen-bond donors (Lipinski definition) is 2. The first kappa shape index (κ1) is 17.0. The molecule has 2 aromatic carbocycles. The van der Waals surface area contributed by atoms with Crippen molar-refractivity contribution < 1.29 is 17.7 Å². The number of nitrogens with zero attached hydrogens (tertiary/aromatic N) is 1. The Morgan fingerprint density at radius 1 is 1.16 bits per heavy atom. The van der Waals surface area contributed by atoms with Gasteiger partial charge in [-0.05, 0) is 30.9 Å². The third-order valence-corrected chi connectivity index (χ3v) is 5.40. The van der Waals surface area contributed by atoms with Crippen LogP contribution in [0.4, 0.5) is 5.88 Å². The van der Waals surface area contributed by atoms with Gasteiger partial charge in [0.05, 0.1) is 17.0 Å². The van der Waals surface area contributed by atoms with Gasteiger partial charge in [0, 0.05) is 10.9 Å². The van der Waals surface area contributed by atoms with Gasteiger partial charge >= 0.3 is 0 Å². The molecule has 1 heterocycles. The van der Waals surface area contributed by atoms with Crippen LogP contribution in [0.1, 0.15) is 16.8 Å². The molecule has 0 spiro atoms. The third kappa shape index (κ3) is 3.20. The highest BCUT2D eigenvalue weighted by molar-refractivity contribution is 7.93. The smallest absolute Gasteiger partial charge is 0.264 e. The summed E-state index contributed by atoms with van der Waals surface area (Å²) in [4.78, 5) is 11.3. The summed E-state index contributed by atoms with van der Waals surface area (Å²) in [6.07, 6.45) is 0.0364. The molecule has 130 valence electrons. The van der Waals surface area contributed by atoms with Crippen molar-refractivity contribution in [3.63, 3.8) is 0 Å². The quantitative estimate of drug-likeness (QED) is 0.725. The molecule has 0 aliphatic heterocycles. The molecular weight excluding hydrogens is 342 g/mol. The molecule has 0 aliphatic carbocycles. The molecule has 0 saturated carbocycles. The van der Waals surface area contributed by atoms with Gasteiger partial charge in [0.1, 0.15) is 0 Å². The summed E-state index contributed by atoms with van der Waals surface area (Å²) in [6.45, 7) is 3.45. The number of sulfonamides is 1. The molecule has 0 aliphatic rings. The Hall–Kier alpha value is -2.87. The lowest BCUT2D eigenvalue weighted by Crippen LogP contribution is -2.16. The lowest BCUT2D eigenvalue weighted by atomic mass is 10.0. The highest BCUT2D eigenvalue weighted by Crippen LogP contribution is 2.29. The molecular formula is C17H17N3O4S. The molecule has 3 aromatic rings. The molecule has 25 heavy (non-hydrogen) atoms. The summed E-state index contributed by atoms with van der Waals surface area (Å²) in [5.41, 5.74) is 7.18. The van der Waals surface area contributed by atoms with Crippen molar-refractivity contribution in [3.8, 4) is 0 Å². The Morgan fingerprint density at radius 2 is 1.84 bits per heavy atom. The molecule has 0 radical (unpaired) electrons. The number of aromatic nitrogens is 1. The van der Waals surface area contributed by atoms with Crippen LogP contribution in [0.15, 0.2) is 45.8 Å². The fourth-order valence-corrected chi connectivity index (χ4v) is 3.86. The van der Waals surface area contributed by atoms with Crippen molar-refractivity contribution in [3.05, 3.63) is 53.2 Å². The van der Waals surface area contributed by atoms with Crippen molar-refractivity contribution >= 4 is 32.6 Å². The zero-order valence-corrected chi connectivity index (χ0v) is 14.6. The fourth-order valence-electron chi connectivity index (χ4n) is 2.60. The lowest BCUT2D eigenvalue weighted by Gasteiger charge is -2.11. The maximum Gasteiger partial charge on any atom is 0.264 e. The number of nitrogens with two attached hydrogens (primary N) is 1. The number of aryl methyl sites for hydroxylation is 1. The number of fused-ring (bicyclic) bond motifs is 1. The number of carbonyl (C=O) groups excluding carboxylic acids is 1. The molecule has 0 atom stereocenters. The summed E-state index contributed by atoms with van der Waals surface area (Å²) >= 11 is 0. The number of hydrogen-bond acceptors (Lipinski definition) is 5. The van der Waals surface area contributed by atoms with Gasteiger partial charge in [-0.25, -0.2) is 13.1 Å². The van der Waals surface area contributed by atoms with Crippen LogP contribution in [0.2, 0.25) is 0 Å². The summed E-state index contributed by atoms with van der Waals surface area (Å²) in [7, 11) is -3.89. The van der Waals surface area contributed by atoms with Gasteiger partial charge in [-0.3, -0.25) is 4.79 Å². The van der Waals surface area contributed by atoms with Gasteiger partial charge in [0.15, 0.2) is 0 Å². The van der Waals surface area contributed by atoms with E-state index in [0.29, 0.717) is 27.6 Å². The van der Waals surface area contributed by atoms with Crippen LogP contribution in [0, 0.1) is 13.8 Å². The van der Waals surface area contributed by atoms with E-state index in [-0.39, 0.29) is 17.2 Å². The van der Waals surface area contributed by atoms with Crippen LogP contribution < -0.4 is 10.5 Å². The van der Waals surface area contributed by atoms with Gasteiger partial charge in [-0.2, -0.15) is 0 Å². The van der Waals surface area contributed by atoms with E-state index in [0.717, 1.165) is 0 Å². The fraction of sp³-hybridized carbons (Fsp3) is 0.176. The number of carbonyl (C=O) groups is 1. The van der Waals surface area contributed by atoms with E-state index >= 15 is 0 Å². The second-order valence-corrected chi connectivity index (χ2v) is 7.39. The summed E-state index contributed by atoms with van der Waals surface area (Å²) in [6, 6.07) is 10.0. The molecule has 0 fully saturated rings. The van der Waals surface area contributed by atoms with E-state index in [1.54, 1.807) is 44.2 Å². The average molecular weight is 359 g/mol. The first-order valence-electron chi connectivity index (χ1n) is 7.54. The number of amides is 1. The van der Waals surface area contributed by atoms with Gasteiger partial charge in [0.2, 0.25) is 11.8 Å². The number of rotatable bonds is 5. The topological polar surface area (TPSA) is 115 Å². The monoisotopic (exact) mass is 359 g/mol. The Morgan fingerprint density at radius 3 is 2.44 bits per heavy atom. The largest absolute Gasteiger partial charge is 0.369 e. The highest BCUT2D eigenvalue weighted by Gasteiger charge is 2.22. The second-order valence-electron chi connectivity index (χ2n) is 5.74. The van der Waals surface area contributed by atoms with E-state index in [2.05, 4.69) is 9.88 Å². The SMILES string of the molecule is Cc1noc(NS(=O)(=O)c2ccc(CC(N)=O)c3ccccc23)c1C. The molecule has 3 N–H and O–H groups in total. The van der Waals surface area contributed by atoms with Crippen molar-refractivity contribution in [1.29, 1.82) is 0 Å². The Balaban J connectivity index is 2.12. The molecule has 1 amide bonds. The van der Waals surface area contributed by atoms with Crippen LogP contribution in [0.25, 0.3) is 10.8 Å². The second kappa shape index (κ2) is 6.21. The molecule has 7 nitrogen and oxygen atoms in total. The van der Waals surface area contributed by atoms with Crippen molar-refractivity contribution in [2.75, 3.05) is 4.72 Å². The zero-order valence-electron chi connectivity index (χ0n) is 13.7. The Bertz CT molecular complexity index is 1070. The summed E-state index contributed by atoms with van der Waals surface area (Å²) in [5.74, 6) is -0.394. The average Bonchev–Trinajstić information content (AvgIpc) is 2.86. The van der Waals surface area contributed by atoms with Gasteiger partial charge in [-0.15, -0.1) is 0 Å². The maximum atomic E-state index is 12.8. The number of nitrogens with one attached hydrogen (secondary N) is 1. The van der Waals surface area contributed by atoms with Gasteiger partial charge in [-0.1, -0.05) is 35.5 Å². The van der Waals surface area contributed by atoms with Crippen molar-refractivity contribution in [2.24, 2.45) is 5.73 Å². The molecule has 8 heteroatoms. The Labute approximate surface area is 144 Å². The van der Waals surface area contributed by atoms with E-state index in [1.807, 2.05) is 0 Å². The number of primary amides is 1. The molecule has 0 unspecified atom stereocenters. The first-order chi connectivity index (χ1) is 11.8. The lowest BCUT2D eigenvalue weighted by molar-refractivity contribution is -0.117. The number of benzene rings is 2. The van der Waals surface area contributed by atoms with Crippen LogP contribution in [-0.2, 0) is 21.2 Å². The molecule has 0 bridgehead atoms. The van der Waals surface area contributed by atoms with E-state index in [4.69, 9.17) is 10.3 Å². The van der Waals surface area contributed by atoms with Crippen LogP contribution in [-0.4, -0.2) is 19.5 Å². The number of anilines is 1. The first-order valence-corrected chi connectivity index (χ1v) is 9.02. The van der Waals surface area contributed by atoms with Crippen LogP contribution >= 0.6 is 0 Å². The van der Waals surface area contributed by atoms with Crippen LogP contribution in [0.5, 0.6) is 0 Å². The predicted molar refractivity (Wildman–Crippen MR) is 93.6 cm³/mol. The minimum atomic E-state index is -3.89. The minimum Gasteiger partial charge on any atom is -0.369 e. The van der Waals surface area contributed by atoms with Gasteiger partial charge < -0.3 is 10.3 Å². The summed E-state index contributed by atoms with van der Waals surface area (Å²) in [5, 5.41) is 4.91. The zero-order chi connectivity index (χ0) is 18.2. The molecule has 3 rings (SSSR count). The third-order valence-electron chi connectivity index (χ3n) is 4.01. The van der Waals surface area contributed by atoms with E-state index in [1.165, 1.54) is 6.07 Å². The van der Waals surface area contributed by atoms with E-state index < -0.39 is 15.9 Å².